The molecule has 0 radical (unpaired) electrons. The lowest BCUT2D eigenvalue weighted by molar-refractivity contribution is 0.158. The van der Waals surface area contributed by atoms with Crippen molar-refractivity contribution in [1.29, 1.82) is 0 Å². The predicted molar refractivity (Wildman–Crippen MR) is 98.6 cm³/mol. The fourth-order valence-electron chi connectivity index (χ4n) is 3.22. The summed E-state index contributed by atoms with van der Waals surface area (Å²) in [7, 11) is 0. The zero-order valence-electron chi connectivity index (χ0n) is 13.8. The van der Waals surface area contributed by atoms with Gasteiger partial charge in [-0.25, -0.2) is 0 Å². The molecule has 2 aliphatic heterocycles. The molecule has 1 atom stereocenters. The minimum Gasteiger partial charge on any atom is -0.486 e. The average molecular weight is 363 g/mol. The maximum absolute atomic E-state index is 5.75. The lowest BCUT2D eigenvalue weighted by Gasteiger charge is -2.35. The summed E-state index contributed by atoms with van der Waals surface area (Å²) in [5, 5.41) is 3.44. The molecular weight excluding hydrogens is 335 g/mol. The summed E-state index contributed by atoms with van der Waals surface area (Å²) in [6.45, 7) is 8.01. The third kappa shape index (κ3) is 5.15. The summed E-state index contributed by atoms with van der Waals surface area (Å²) >= 11 is 0. The Morgan fingerprint density at radius 3 is 2.48 bits per heavy atom. The molecule has 0 aromatic heterocycles. The SMILES string of the molecule is CCCC[C@@H](c1ccc2c(c1)OCCO2)N1CCNCC1.Cl.Cl. The Bertz CT molecular complexity index is 468. The maximum atomic E-state index is 5.75. The van der Waals surface area contributed by atoms with E-state index in [9.17, 15) is 0 Å². The van der Waals surface area contributed by atoms with Crippen molar-refractivity contribution < 1.29 is 9.47 Å². The van der Waals surface area contributed by atoms with E-state index in [0.29, 0.717) is 19.3 Å². The number of unbranched alkanes of at least 4 members (excludes halogenated alkanes) is 1. The highest BCUT2D eigenvalue weighted by molar-refractivity contribution is 5.85. The highest BCUT2D eigenvalue weighted by Crippen LogP contribution is 2.35. The molecule has 132 valence electrons. The number of benzene rings is 1. The number of nitrogens with zero attached hydrogens (tertiary/aromatic N) is 1. The summed E-state index contributed by atoms with van der Waals surface area (Å²) in [6.07, 6.45) is 3.73. The number of nitrogens with one attached hydrogen (secondary N) is 1. The van der Waals surface area contributed by atoms with Gasteiger partial charge in [-0.1, -0.05) is 25.8 Å². The largest absolute Gasteiger partial charge is 0.486 e. The fraction of sp³-hybridized carbons (Fsp3) is 0.647. The Morgan fingerprint density at radius 2 is 1.78 bits per heavy atom. The van der Waals surface area contributed by atoms with Crippen molar-refractivity contribution in [2.45, 2.75) is 32.2 Å². The molecule has 4 nitrogen and oxygen atoms in total. The van der Waals surface area contributed by atoms with Crippen LogP contribution < -0.4 is 14.8 Å². The van der Waals surface area contributed by atoms with Gasteiger partial charge in [0.1, 0.15) is 13.2 Å². The Kier molecular flexibility index (Phi) is 9.07. The Hall–Kier alpha value is -0.680. The maximum Gasteiger partial charge on any atom is 0.161 e. The molecule has 2 aliphatic rings. The lowest BCUT2D eigenvalue weighted by Crippen LogP contribution is -2.45. The molecule has 1 N–H and O–H groups in total. The Labute approximate surface area is 151 Å². The molecule has 0 aliphatic carbocycles. The van der Waals surface area contributed by atoms with Gasteiger partial charge in [0, 0.05) is 32.2 Å². The molecule has 1 aromatic carbocycles. The van der Waals surface area contributed by atoms with Crippen LogP contribution in [0, 0.1) is 0 Å². The molecular formula is C17H28Cl2N2O2. The van der Waals surface area contributed by atoms with Gasteiger partial charge in [-0.15, -0.1) is 24.8 Å². The third-order valence-corrected chi connectivity index (χ3v) is 4.37. The van der Waals surface area contributed by atoms with Crippen molar-refractivity contribution in [2.24, 2.45) is 0 Å². The van der Waals surface area contributed by atoms with Crippen LogP contribution in [0.15, 0.2) is 18.2 Å². The zero-order chi connectivity index (χ0) is 14.5. The minimum absolute atomic E-state index is 0. The van der Waals surface area contributed by atoms with E-state index in [-0.39, 0.29) is 24.8 Å². The monoisotopic (exact) mass is 362 g/mol. The molecule has 2 heterocycles. The molecule has 0 amide bonds. The number of halogens is 2. The van der Waals surface area contributed by atoms with Gasteiger partial charge in [0.15, 0.2) is 11.5 Å². The number of hydrogen-bond acceptors (Lipinski definition) is 4. The second kappa shape index (κ2) is 10.2. The standard InChI is InChI=1S/C17H26N2O2.2ClH/c1-2-3-4-15(19-9-7-18-8-10-19)14-5-6-16-17(13-14)21-12-11-20-16;;/h5-6,13,15,18H,2-4,7-12H2,1H3;2*1H/t15-;;/m0../s1. The molecule has 1 fully saturated rings. The Balaban J connectivity index is 0.00000132. The molecule has 1 saturated heterocycles. The smallest absolute Gasteiger partial charge is 0.161 e. The summed E-state index contributed by atoms with van der Waals surface area (Å²) in [5.74, 6) is 1.80. The second-order valence-electron chi connectivity index (χ2n) is 5.85. The highest BCUT2D eigenvalue weighted by atomic mass is 35.5. The van der Waals surface area contributed by atoms with Gasteiger partial charge in [-0.05, 0) is 24.1 Å². The van der Waals surface area contributed by atoms with E-state index >= 15 is 0 Å². The van der Waals surface area contributed by atoms with Crippen molar-refractivity contribution in [3.8, 4) is 11.5 Å². The molecule has 23 heavy (non-hydrogen) atoms. The van der Waals surface area contributed by atoms with Crippen molar-refractivity contribution in [2.75, 3.05) is 39.4 Å². The summed E-state index contributed by atoms with van der Waals surface area (Å²) < 4.78 is 11.4. The van der Waals surface area contributed by atoms with E-state index < -0.39 is 0 Å². The fourth-order valence-corrected chi connectivity index (χ4v) is 3.22. The minimum atomic E-state index is 0. The van der Waals surface area contributed by atoms with E-state index in [1.54, 1.807) is 0 Å². The summed E-state index contributed by atoms with van der Waals surface area (Å²) in [6, 6.07) is 6.99. The van der Waals surface area contributed by atoms with Gasteiger partial charge in [-0.2, -0.15) is 0 Å². The van der Waals surface area contributed by atoms with Crippen LogP contribution in [-0.2, 0) is 0 Å². The first-order chi connectivity index (χ1) is 10.4. The molecule has 1 aromatic rings. The summed E-state index contributed by atoms with van der Waals surface area (Å²) in [5.41, 5.74) is 1.37. The van der Waals surface area contributed by atoms with Crippen LogP contribution in [0.25, 0.3) is 0 Å². The quantitative estimate of drug-likeness (QED) is 0.869. The number of piperazine rings is 1. The van der Waals surface area contributed by atoms with E-state index in [0.717, 1.165) is 37.7 Å². The number of ether oxygens (including phenoxy) is 2. The van der Waals surface area contributed by atoms with Gasteiger partial charge in [0.2, 0.25) is 0 Å². The topological polar surface area (TPSA) is 33.7 Å². The lowest BCUT2D eigenvalue weighted by atomic mass is 9.98. The van der Waals surface area contributed by atoms with Crippen molar-refractivity contribution >= 4 is 24.8 Å². The van der Waals surface area contributed by atoms with Crippen molar-refractivity contribution in [3.63, 3.8) is 0 Å². The van der Waals surface area contributed by atoms with Gasteiger partial charge in [0.05, 0.1) is 0 Å². The van der Waals surface area contributed by atoms with Crippen LogP contribution in [0.5, 0.6) is 11.5 Å². The van der Waals surface area contributed by atoms with E-state index in [4.69, 9.17) is 9.47 Å². The first-order valence-electron chi connectivity index (χ1n) is 8.23. The number of fused-ring (bicyclic) bond motifs is 1. The first kappa shape index (κ1) is 20.4. The van der Waals surface area contributed by atoms with Gasteiger partial charge >= 0.3 is 0 Å². The van der Waals surface area contributed by atoms with Crippen LogP contribution in [-0.4, -0.2) is 44.3 Å². The first-order valence-corrected chi connectivity index (χ1v) is 8.23. The number of hydrogen-bond donors (Lipinski definition) is 1. The van der Waals surface area contributed by atoms with E-state index in [1.165, 1.54) is 24.8 Å². The van der Waals surface area contributed by atoms with Gasteiger partial charge in [0.25, 0.3) is 0 Å². The average Bonchev–Trinajstić information content (AvgIpc) is 2.56. The zero-order valence-corrected chi connectivity index (χ0v) is 15.4. The molecule has 0 unspecified atom stereocenters. The van der Waals surface area contributed by atoms with Crippen LogP contribution >= 0.6 is 24.8 Å². The van der Waals surface area contributed by atoms with Crippen LogP contribution in [0.4, 0.5) is 0 Å². The second-order valence-corrected chi connectivity index (χ2v) is 5.85. The molecule has 6 heteroatoms. The van der Waals surface area contributed by atoms with Crippen LogP contribution in [0.3, 0.4) is 0 Å². The molecule has 3 rings (SSSR count). The van der Waals surface area contributed by atoms with E-state index in [2.05, 4.69) is 35.3 Å². The summed E-state index contributed by atoms with van der Waals surface area (Å²) in [4.78, 5) is 2.61. The van der Waals surface area contributed by atoms with Crippen molar-refractivity contribution in [3.05, 3.63) is 23.8 Å². The number of rotatable bonds is 5. The predicted octanol–water partition coefficient (Wildman–Crippen LogP) is 3.44. The molecule has 0 spiro atoms. The van der Waals surface area contributed by atoms with Gasteiger partial charge in [-0.3, -0.25) is 4.90 Å². The molecule has 0 saturated carbocycles. The normalized spacial score (nSPS) is 18.5. The van der Waals surface area contributed by atoms with E-state index in [1.807, 2.05) is 0 Å². The molecule has 0 bridgehead atoms. The van der Waals surface area contributed by atoms with Gasteiger partial charge < -0.3 is 14.8 Å². The van der Waals surface area contributed by atoms with Crippen LogP contribution in [0.2, 0.25) is 0 Å². The van der Waals surface area contributed by atoms with Crippen LogP contribution in [0.1, 0.15) is 37.8 Å². The Morgan fingerprint density at radius 1 is 1.09 bits per heavy atom. The highest BCUT2D eigenvalue weighted by Gasteiger charge is 2.23. The van der Waals surface area contributed by atoms with Crippen molar-refractivity contribution in [1.82, 2.24) is 10.2 Å². The third-order valence-electron chi connectivity index (χ3n) is 4.37.